The molecule has 0 saturated heterocycles. The van der Waals surface area contributed by atoms with Crippen LogP contribution in [0, 0.1) is 11.8 Å². The van der Waals surface area contributed by atoms with Crippen LogP contribution in [0.1, 0.15) is 24.8 Å². The summed E-state index contributed by atoms with van der Waals surface area (Å²) in [4.78, 5) is 15.7. The van der Waals surface area contributed by atoms with Gasteiger partial charge in [-0.15, -0.1) is 11.8 Å². The fraction of sp³-hybridized carbons (Fsp3) is 0.611. The predicted octanol–water partition coefficient (Wildman–Crippen LogP) is 2.76. The van der Waals surface area contributed by atoms with Gasteiger partial charge in [-0.3, -0.25) is 4.79 Å². The molecule has 2 atom stereocenters. The normalized spacial score (nSPS) is 20.0. The van der Waals surface area contributed by atoms with E-state index in [0.717, 1.165) is 29.7 Å². The maximum Gasteiger partial charge on any atom is 0.226 e. The average molecular weight is 353 g/mol. The summed E-state index contributed by atoms with van der Waals surface area (Å²) in [6.07, 6.45) is 5.13. The highest BCUT2D eigenvalue weighted by Gasteiger charge is 2.33. The molecule has 24 heavy (non-hydrogen) atoms. The van der Waals surface area contributed by atoms with E-state index in [1.165, 1.54) is 0 Å². The van der Waals surface area contributed by atoms with Crippen molar-refractivity contribution < 1.29 is 14.3 Å². The van der Waals surface area contributed by atoms with E-state index in [1.54, 1.807) is 26.0 Å². The molecule has 6 heteroatoms. The lowest BCUT2D eigenvalue weighted by Crippen LogP contribution is -2.36. The molecule has 0 radical (unpaired) electrons. The molecule has 1 saturated carbocycles. The zero-order valence-electron chi connectivity index (χ0n) is 15.0. The van der Waals surface area contributed by atoms with Gasteiger partial charge in [0.1, 0.15) is 0 Å². The molecule has 1 aliphatic carbocycles. The smallest absolute Gasteiger partial charge is 0.226 e. The highest BCUT2D eigenvalue weighted by molar-refractivity contribution is 7.98. The topological polar surface area (TPSA) is 64.8 Å². The summed E-state index contributed by atoms with van der Waals surface area (Å²) in [5.41, 5.74) is 6.89. The van der Waals surface area contributed by atoms with Gasteiger partial charge in [-0.05, 0) is 49.3 Å². The van der Waals surface area contributed by atoms with E-state index < -0.39 is 0 Å². The monoisotopic (exact) mass is 352 g/mol. The summed E-state index contributed by atoms with van der Waals surface area (Å²) in [7, 11) is 5.12. The van der Waals surface area contributed by atoms with Gasteiger partial charge in [0.25, 0.3) is 0 Å². The number of rotatable bonds is 7. The van der Waals surface area contributed by atoms with Gasteiger partial charge >= 0.3 is 0 Å². The molecule has 0 aliphatic heterocycles. The van der Waals surface area contributed by atoms with Crippen LogP contribution in [-0.2, 0) is 11.3 Å². The molecule has 1 amide bonds. The molecule has 134 valence electrons. The Bertz CT molecular complexity index is 580. The lowest BCUT2D eigenvalue weighted by atomic mass is 9.94. The molecule has 1 fully saturated rings. The Kier molecular flexibility index (Phi) is 6.80. The van der Waals surface area contributed by atoms with Gasteiger partial charge in [-0.25, -0.2) is 0 Å². The standard InChI is InChI=1S/C18H28N2O3S/c1-20(18(21)14-7-5-6-12(14)10-19)11-13-8-15(22-2)16(23-3)9-17(13)24-4/h8-9,12,14H,5-7,10-11,19H2,1-4H3/t12-,14-/m1/s1. The fourth-order valence-corrected chi connectivity index (χ4v) is 4.09. The van der Waals surface area contributed by atoms with Crippen molar-refractivity contribution >= 4 is 17.7 Å². The summed E-state index contributed by atoms with van der Waals surface area (Å²) in [6, 6.07) is 3.93. The number of hydrogen-bond donors (Lipinski definition) is 1. The minimum Gasteiger partial charge on any atom is -0.493 e. The van der Waals surface area contributed by atoms with Crippen LogP contribution in [0.25, 0.3) is 0 Å². The van der Waals surface area contributed by atoms with Crippen LogP contribution >= 0.6 is 11.8 Å². The minimum atomic E-state index is 0.0675. The first kappa shape index (κ1) is 18.9. The van der Waals surface area contributed by atoms with Crippen LogP contribution in [0.15, 0.2) is 17.0 Å². The third-order valence-corrected chi connectivity index (χ3v) is 5.67. The van der Waals surface area contributed by atoms with Crippen molar-refractivity contribution in [2.75, 3.05) is 34.1 Å². The Morgan fingerprint density at radius 2 is 1.96 bits per heavy atom. The number of benzene rings is 1. The first-order chi connectivity index (χ1) is 11.5. The SMILES string of the molecule is COc1cc(CN(C)C(=O)[C@@H]2CCC[C@@H]2CN)c(SC)cc1OC. The third-order valence-electron chi connectivity index (χ3n) is 4.85. The molecule has 0 spiro atoms. The number of amides is 1. The number of carbonyl (C=O) groups excluding carboxylic acids is 1. The van der Waals surface area contributed by atoms with Crippen LogP contribution in [0.2, 0.25) is 0 Å². The van der Waals surface area contributed by atoms with Crippen molar-refractivity contribution in [1.29, 1.82) is 0 Å². The molecule has 2 rings (SSSR count). The Labute approximate surface area is 148 Å². The molecule has 2 N–H and O–H groups in total. The van der Waals surface area contributed by atoms with Crippen LogP contribution in [0.3, 0.4) is 0 Å². The number of thioether (sulfide) groups is 1. The highest BCUT2D eigenvalue weighted by Crippen LogP contribution is 2.36. The van der Waals surface area contributed by atoms with Crippen molar-refractivity contribution in [3.05, 3.63) is 17.7 Å². The van der Waals surface area contributed by atoms with E-state index in [1.807, 2.05) is 30.3 Å². The Balaban J connectivity index is 2.18. The largest absolute Gasteiger partial charge is 0.493 e. The van der Waals surface area contributed by atoms with Crippen LogP contribution in [0.4, 0.5) is 0 Å². The van der Waals surface area contributed by atoms with Crippen LogP contribution in [-0.4, -0.2) is 44.9 Å². The number of ether oxygens (including phenoxy) is 2. The highest BCUT2D eigenvalue weighted by atomic mass is 32.2. The Hall–Kier alpha value is -1.40. The maximum atomic E-state index is 12.8. The summed E-state index contributed by atoms with van der Waals surface area (Å²) >= 11 is 1.64. The van der Waals surface area contributed by atoms with Gasteiger partial charge in [-0.1, -0.05) is 6.42 Å². The van der Waals surface area contributed by atoms with Crippen molar-refractivity contribution in [1.82, 2.24) is 4.90 Å². The molecule has 1 aromatic carbocycles. The zero-order valence-corrected chi connectivity index (χ0v) is 15.8. The van der Waals surface area contributed by atoms with Crippen molar-refractivity contribution in [3.63, 3.8) is 0 Å². The number of carbonyl (C=O) groups is 1. The van der Waals surface area contributed by atoms with Gasteiger partial charge in [0.15, 0.2) is 11.5 Å². The van der Waals surface area contributed by atoms with Crippen LogP contribution < -0.4 is 15.2 Å². The zero-order chi connectivity index (χ0) is 17.7. The van der Waals surface area contributed by atoms with Gasteiger partial charge in [-0.2, -0.15) is 0 Å². The minimum absolute atomic E-state index is 0.0675. The summed E-state index contributed by atoms with van der Waals surface area (Å²) in [5, 5.41) is 0. The quantitative estimate of drug-likeness (QED) is 0.765. The molecule has 5 nitrogen and oxygen atoms in total. The van der Waals surface area contributed by atoms with Crippen molar-refractivity contribution in [2.45, 2.75) is 30.7 Å². The van der Waals surface area contributed by atoms with Gasteiger partial charge in [0, 0.05) is 24.4 Å². The second-order valence-electron chi connectivity index (χ2n) is 6.25. The van der Waals surface area contributed by atoms with E-state index in [2.05, 4.69) is 0 Å². The number of hydrogen-bond acceptors (Lipinski definition) is 5. The second kappa shape index (κ2) is 8.62. The summed E-state index contributed by atoms with van der Waals surface area (Å²) in [6.45, 7) is 1.15. The Morgan fingerprint density at radius 3 is 2.54 bits per heavy atom. The van der Waals surface area contributed by atoms with Gasteiger partial charge in [0.05, 0.1) is 14.2 Å². The molecular weight excluding hydrogens is 324 g/mol. The maximum absolute atomic E-state index is 12.8. The first-order valence-corrected chi connectivity index (χ1v) is 9.52. The van der Waals surface area contributed by atoms with Crippen LogP contribution in [0.5, 0.6) is 11.5 Å². The lowest BCUT2D eigenvalue weighted by molar-refractivity contribution is -0.135. The third kappa shape index (κ3) is 3.98. The van der Waals surface area contributed by atoms with Crippen molar-refractivity contribution in [3.8, 4) is 11.5 Å². The summed E-state index contributed by atoms with van der Waals surface area (Å²) in [5.74, 6) is 1.98. The summed E-state index contributed by atoms with van der Waals surface area (Å²) < 4.78 is 10.8. The van der Waals surface area contributed by atoms with E-state index in [9.17, 15) is 4.79 Å². The number of nitrogens with two attached hydrogens (primary N) is 1. The average Bonchev–Trinajstić information content (AvgIpc) is 3.09. The molecular formula is C18H28N2O3S. The molecule has 0 bridgehead atoms. The number of nitrogens with zero attached hydrogens (tertiary/aromatic N) is 1. The molecule has 0 aromatic heterocycles. The van der Waals surface area contributed by atoms with E-state index >= 15 is 0 Å². The molecule has 0 unspecified atom stereocenters. The number of methoxy groups -OCH3 is 2. The predicted molar refractivity (Wildman–Crippen MR) is 97.7 cm³/mol. The van der Waals surface area contributed by atoms with Crippen molar-refractivity contribution in [2.24, 2.45) is 17.6 Å². The first-order valence-electron chi connectivity index (χ1n) is 8.29. The molecule has 1 aromatic rings. The van der Waals surface area contributed by atoms with Gasteiger partial charge < -0.3 is 20.1 Å². The van der Waals surface area contributed by atoms with E-state index in [4.69, 9.17) is 15.2 Å². The van der Waals surface area contributed by atoms with E-state index in [0.29, 0.717) is 30.5 Å². The second-order valence-corrected chi connectivity index (χ2v) is 7.09. The Morgan fingerprint density at radius 1 is 1.29 bits per heavy atom. The fourth-order valence-electron chi connectivity index (χ4n) is 3.48. The lowest BCUT2D eigenvalue weighted by Gasteiger charge is -2.25. The molecule has 1 aliphatic rings. The van der Waals surface area contributed by atoms with Gasteiger partial charge in [0.2, 0.25) is 5.91 Å². The molecule has 0 heterocycles. The van der Waals surface area contributed by atoms with E-state index in [-0.39, 0.29) is 11.8 Å².